The van der Waals surface area contributed by atoms with Gasteiger partial charge in [-0.05, 0) is 31.5 Å². The van der Waals surface area contributed by atoms with Gasteiger partial charge < -0.3 is 10.1 Å². The van der Waals surface area contributed by atoms with E-state index in [0.717, 1.165) is 6.42 Å². The maximum absolute atomic E-state index is 13.8. The molecule has 2 nitrogen and oxygen atoms in total. The van der Waals surface area contributed by atoms with Gasteiger partial charge in [0.1, 0.15) is 5.82 Å². The van der Waals surface area contributed by atoms with E-state index in [9.17, 15) is 4.39 Å². The van der Waals surface area contributed by atoms with Crippen LogP contribution in [0.5, 0.6) is 0 Å². The van der Waals surface area contributed by atoms with Crippen LogP contribution < -0.4 is 5.32 Å². The van der Waals surface area contributed by atoms with Gasteiger partial charge in [-0.15, -0.1) is 0 Å². The summed E-state index contributed by atoms with van der Waals surface area (Å²) < 4.78 is 19.1. The second-order valence-electron chi connectivity index (χ2n) is 3.99. The van der Waals surface area contributed by atoms with E-state index in [1.54, 1.807) is 25.3 Å². The summed E-state index contributed by atoms with van der Waals surface area (Å²) in [6.07, 6.45) is 1.51. The Kier molecular flexibility index (Phi) is 5.89. The van der Waals surface area contributed by atoms with Crippen LogP contribution in [0.25, 0.3) is 0 Å². The van der Waals surface area contributed by atoms with E-state index in [0.29, 0.717) is 12.0 Å². The molecule has 0 bridgehead atoms. The Labute approximate surface area is 107 Å². The van der Waals surface area contributed by atoms with Gasteiger partial charge in [-0.3, -0.25) is 0 Å². The van der Waals surface area contributed by atoms with Gasteiger partial charge in [-0.25, -0.2) is 4.39 Å². The topological polar surface area (TPSA) is 21.3 Å². The van der Waals surface area contributed by atoms with Crippen molar-refractivity contribution in [3.8, 4) is 0 Å². The number of likely N-dealkylation sites (N-methyl/N-ethyl adjacent to an activating group) is 1. The molecule has 0 amide bonds. The Morgan fingerprint density at radius 2 is 2.18 bits per heavy atom. The van der Waals surface area contributed by atoms with Crippen LogP contribution in [0.2, 0.25) is 5.02 Å². The summed E-state index contributed by atoms with van der Waals surface area (Å²) in [6.45, 7) is 2.05. The number of nitrogens with one attached hydrogen (secondary N) is 1. The fourth-order valence-electron chi connectivity index (χ4n) is 1.98. The average Bonchev–Trinajstić information content (AvgIpc) is 2.34. The molecular formula is C13H19ClFNO. The van der Waals surface area contributed by atoms with Gasteiger partial charge in [0.2, 0.25) is 0 Å². The summed E-state index contributed by atoms with van der Waals surface area (Å²) in [4.78, 5) is 0. The zero-order chi connectivity index (χ0) is 12.8. The van der Waals surface area contributed by atoms with Crippen molar-refractivity contribution in [3.05, 3.63) is 34.6 Å². The molecule has 0 radical (unpaired) electrons. The lowest BCUT2D eigenvalue weighted by Gasteiger charge is -2.25. The van der Waals surface area contributed by atoms with E-state index >= 15 is 0 Å². The molecule has 1 N–H and O–H groups in total. The zero-order valence-corrected chi connectivity index (χ0v) is 11.2. The minimum Gasteiger partial charge on any atom is -0.380 e. The van der Waals surface area contributed by atoms with Crippen molar-refractivity contribution in [1.29, 1.82) is 0 Å². The first-order valence-corrected chi connectivity index (χ1v) is 6.14. The highest BCUT2D eigenvalue weighted by Gasteiger charge is 2.20. The minimum atomic E-state index is -0.333. The smallest absolute Gasteiger partial charge is 0.145 e. The lowest BCUT2D eigenvalue weighted by atomic mass is 9.99. The third-order valence-electron chi connectivity index (χ3n) is 3.00. The SMILES string of the molecule is CCC(OC)C(Cc1cccc(Cl)c1F)NC. The lowest BCUT2D eigenvalue weighted by molar-refractivity contribution is 0.0675. The van der Waals surface area contributed by atoms with E-state index in [4.69, 9.17) is 16.3 Å². The molecule has 0 aromatic heterocycles. The molecule has 17 heavy (non-hydrogen) atoms. The highest BCUT2D eigenvalue weighted by atomic mass is 35.5. The molecule has 1 aromatic rings. The number of benzene rings is 1. The van der Waals surface area contributed by atoms with Gasteiger partial charge in [0.15, 0.2) is 0 Å². The molecule has 0 saturated carbocycles. The van der Waals surface area contributed by atoms with Gasteiger partial charge in [-0.2, -0.15) is 0 Å². The van der Waals surface area contributed by atoms with Crippen LogP contribution in [0.15, 0.2) is 18.2 Å². The van der Waals surface area contributed by atoms with Crippen molar-refractivity contribution >= 4 is 11.6 Å². The van der Waals surface area contributed by atoms with E-state index < -0.39 is 0 Å². The Balaban J connectivity index is 2.83. The Morgan fingerprint density at radius 1 is 1.47 bits per heavy atom. The monoisotopic (exact) mass is 259 g/mol. The van der Waals surface area contributed by atoms with Crippen LogP contribution in [0.1, 0.15) is 18.9 Å². The predicted octanol–water partition coefficient (Wildman–Crippen LogP) is 3.03. The molecule has 0 aliphatic carbocycles. The Hall–Kier alpha value is -0.640. The summed E-state index contributed by atoms with van der Waals surface area (Å²) >= 11 is 5.76. The van der Waals surface area contributed by atoms with Gasteiger partial charge in [0.25, 0.3) is 0 Å². The van der Waals surface area contributed by atoms with Crippen LogP contribution in [0, 0.1) is 5.82 Å². The minimum absolute atomic E-state index is 0.0679. The molecular weight excluding hydrogens is 241 g/mol. The molecule has 2 unspecified atom stereocenters. The molecule has 0 saturated heterocycles. The fraction of sp³-hybridized carbons (Fsp3) is 0.538. The van der Waals surface area contributed by atoms with Crippen molar-refractivity contribution in [3.63, 3.8) is 0 Å². The maximum Gasteiger partial charge on any atom is 0.145 e. The van der Waals surface area contributed by atoms with Crippen molar-refractivity contribution in [2.75, 3.05) is 14.2 Å². The number of hydrogen-bond donors (Lipinski definition) is 1. The third kappa shape index (κ3) is 3.66. The summed E-state index contributed by atoms with van der Waals surface area (Å²) in [6, 6.07) is 5.16. The fourth-order valence-corrected chi connectivity index (χ4v) is 2.17. The highest BCUT2D eigenvalue weighted by molar-refractivity contribution is 6.30. The number of halogens is 2. The van der Waals surface area contributed by atoms with Crippen LogP contribution >= 0.6 is 11.6 Å². The van der Waals surface area contributed by atoms with Gasteiger partial charge >= 0.3 is 0 Å². The average molecular weight is 260 g/mol. The summed E-state index contributed by atoms with van der Waals surface area (Å²) in [7, 11) is 3.53. The van der Waals surface area contributed by atoms with E-state index in [2.05, 4.69) is 5.32 Å². The van der Waals surface area contributed by atoms with Crippen molar-refractivity contribution < 1.29 is 9.13 Å². The third-order valence-corrected chi connectivity index (χ3v) is 3.29. The number of ether oxygens (including phenoxy) is 1. The normalized spacial score (nSPS) is 14.6. The molecule has 0 spiro atoms. The first-order valence-electron chi connectivity index (χ1n) is 5.77. The molecule has 0 aliphatic rings. The highest BCUT2D eigenvalue weighted by Crippen LogP contribution is 2.20. The number of rotatable bonds is 6. The van der Waals surface area contributed by atoms with Crippen molar-refractivity contribution in [1.82, 2.24) is 5.32 Å². The van der Waals surface area contributed by atoms with Gasteiger partial charge in [-0.1, -0.05) is 30.7 Å². The molecule has 4 heteroatoms. The summed E-state index contributed by atoms with van der Waals surface area (Å²) in [5, 5.41) is 3.33. The number of methoxy groups -OCH3 is 1. The van der Waals surface area contributed by atoms with Crippen LogP contribution in [-0.4, -0.2) is 26.3 Å². The molecule has 1 rings (SSSR count). The summed E-state index contributed by atoms with van der Waals surface area (Å²) in [5.41, 5.74) is 0.618. The van der Waals surface area contributed by atoms with Crippen LogP contribution in [-0.2, 0) is 11.2 Å². The molecule has 96 valence electrons. The maximum atomic E-state index is 13.8. The van der Waals surface area contributed by atoms with E-state index in [1.165, 1.54) is 0 Å². The van der Waals surface area contributed by atoms with Crippen LogP contribution in [0.3, 0.4) is 0 Å². The molecule has 1 aromatic carbocycles. The summed E-state index contributed by atoms with van der Waals surface area (Å²) in [5.74, 6) is -0.333. The molecule has 0 fully saturated rings. The molecule has 2 atom stereocenters. The standard InChI is InChI=1S/C13H19ClFNO/c1-4-12(17-3)11(16-2)8-9-6-5-7-10(14)13(9)15/h5-7,11-12,16H,4,8H2,1-3H3. The Bertz CT molecular complexity index is 355. The molecule has 0 aliphatic heterocycles. The van der Waals surface area contributed by atoms with Crippen molar-refractivity contribution in [2.45, 2.75) is 31.9 Å². The largest absolute Gasteiger partial charge is 0.380 e. The Morgan fingerprint density at radius 3 is 2.71 bits per heavy atom. The van der Waals surface area contributed by atoms with Gasteiger partial charge in [0, 0.05) is 13.2 Å². The molecule has 0 heterocycles. The predicted molar refractivity (Wildman–Crippen MR) is 69.0 cm³/mol. The first kappa shape index (κ1) is 14.4. The quantitative estimate of drug-likeness (QED) is 0.848. The second-order valence-corrected chi connectivity index (χ2v) is 4.40. The van der Waals surface area contributed by atoms with E-state index in [1.807, 2.05) is 14.0 Å². The second kappa shape index (κ2) is 6.94. The lowest BCUT2D eigenvalue weighted by Crippen LogP contribution is -2.40. The van der Waals surface area contributed by atoms with Gasteiger partial charge in [0.05, 0.1) is 11.1 Å². The van der Waals surface area contributed by atoms with E-state index in [-0.39, 0.29) is 23.0 Å². The van der Waals surface area contributed by atoms with Crippen LogP contribution in [0.4, 0.5) is 4.39 Å². The first-order chi connectivity index (χ1) is 8.13. The van der Waals surface area contributed by atoms with Crippen molar-refractivity contribution in [2.24, 2.45) is 0 Å². The number of hydrogen-bond acceptors (Lipinski definition) is 2. The zero-order valence-electron chi connectivity index (χ0n) is 10.5.